The molecule has 1 fully saturated rings. The molecule has 3 atom stereocenters. The van der Waals surface area contributed by atoms with Crippen molar-refractivity contribution in [2.24, 2.45) is 5.92 Å². The van der Waals surface area contributed by atoms with Gasteiger partial charge in [0.2, 0.25) is 0 Å². The topological polar surface area (TPSA) is 41.5 Å². The first-order chi connectivity index (χ1) is 10.1. The number of aliphatic hydroxyl groups is 1. The van der Waals surface area contributed by atoms with Crippen LogP contribution < -0.4 is 5.32 Å². The maximum absolute atomic E-state index is 10.0. The molecule has 1 aliphatic carbocycles. The predicted molar refractivity (Wildman–Crippen MR) is 91.0 cm³/mol. The summed E-state index contributed by atoms with van der Waals surface area (Å²) in [5.74, 6) is 0.596. The van der Waals surface area contributed by atoms with Gasteiger partial charge in [-0.1, -0.05) is 47.3 Å². The molecule has 21 heavy (non-hydrogen) atoms. The van der Waals surface area contributed by atoms with E-state index in [1.165, 1.54) is 19.3 Å². The highest BCUT2D eigenvalue weighted by molar-refractivity contribution is 9.10. The number of ether oxygens (including phenoxy) is 1. The van der Waals surface area contributed by atoms with Gasteiger partial charge in [-0.15, -0.1) is 0 Å². The van der Waals surface area contributed by atoms with Crippen LogP contribution in [0.4, 0.5) is 5.69 Å². The molecule has 0 aromatic heterocycles. The van der Waals surface area contributed by atoms with Gasteiger partial charge in [0, 0.05) is 11.0 Å². The Kier molecular flexibility index (Phi) is 6.80. The molecule has 0 heterocycles. The Labute approximate surface area is 140 Å². The van der Waals surface area contributed by atoms with Gasteiger partial charge in [-0.05, 0) is 37.0 Å². The molecule has 0 spiro atoms. The first kappa shape index (κ1) is 17.1. The molecule has 2 N–H and O–H groups in total. The molecule has 5 heteroatoms. The summed E-state index contributed by atoms with van der Waals surface area (Å²) in [5.41, 5.74) is 0.816. The van der Waals surface area contributed by atoms with E-state index in [-0.39, 0.29) is 0 Å². The number of hydrogen-bond acceptors (Lipinski definition) is 3. The van der Waals surface area contributed by atoms with Crippen LogP contribution in [0.2, 0.25) is 5.02 Å². The lowest BCUT2D eigenvalue weighted by atomic mass is 9.88. The maximum atomic E-state index is 10.0. The van der Waals surface area contributed by atoms with E-state index in [4.69, 9.17) is 16.3 Å². The van der Waals surface area contributed by atoms with E-state index < -0.39 is 6.10 Å². The van der Waals surface area contributed by atoms with Crippen molar-refractivity contribution >= 4 is 33.2 Å². The fraction of sp³-hybridized carbons (Fsp3) is 0.625. The maximum Gasteiger partial charge on any atom is 0.0945 e. The average molecular weight is 377 g/mol. The minimum absolute atomic E-state index is 0.294. The summed E-state index contributed by atoms with van der Waals surface area (Å²) in [6.45, 7) is 3.03. The lowest BCUT2D eigenvalue weighted by Gasteiger charge is -2.29. The highest BCUT2D eigenvalue weighted by Crippen LogP contribution is 2.27. The van der Waals surface area contributed by atoms with Gasteiger partial charge in [-0.25, -0.2) is 0 Å². The summed E-state index contributed by atoms with van der Waals surface area (Å²) in [7, 11) is 0. The van der Waals surface area contributed by atoms with Gasteiger partial charge in [-0.2, -0.15) is 0 Å². The summed E-state index contributed by atoms with van der Waals surface area (Å²) in [6, 6.07) is 5.61. The molecule has 2 rings (SSSR count). The van der Waals surface area contributed by atoms with Crippen molar-refractivity contribution in [1.82, 2.24) is 0 Å². The normalized spacial score (nSPS) is 23.8. The van der Waals surface area contributed by atoms with Crippen LogP contribution in [0.1, 0.15) is 32.6 Å². The molecule has 1 aromatic carbocycles. The number of aliphatic hydroxyl groups excluding tert-OH is 1. The smallest absolute Gasteiger partial charge is 0.0945 e. The summed E-state index contributed by atoms with van der Waals surface area (Å²) in [4.78, 5) is 0. The van der Waals surface area contributed by atoms with Gasteiger partial charge in [0.15, 0.2) is 0 Å². The van der Waals surface area contributed by atoms with Gasteiger partial charge in [0.05, 0.1) is 29.5 Å². The number of halogens is 2. The number of rotatable bonds is 6. The predicted octanol–water partition coefficient (Wildman–Crippen LogP) is 4.47. The van der Waals surface area contributed by atoms with E-state index >= 15 is 0 Å². The third kappa shape index (κ3) is 5.44. The van der Waals surface area contributed by atoms with Gasteiger partial charge in [-0.3, -0.25) is 0 Å². The Hall–Kier alpha value is -0.290. The summed E-state index contributed by atoms with van der Waals surface area (Å²) >= 11 is 9.51. The van der Waals surface area contributed by atoms with Gasteiger partial charge in [0.1, 0.15) is 0 Å². The van der Waals surface area contributed by atoms with Crippen molar-refractivity contribution in [2.45, 2.75) is 44.8 Å². The van der Waals surface area contributed by atoms with E-state index in [1.54, 1.807) is 0 Å². The molecular formula is C16H23BrClNO2. The Morgan fingerprint density at radius 3 is 2.95 bits per heavy atom. The average Bonchev–Trinajstić information content (AvgIpc) is 2.47. The second-order valence-corrected chi connectivity index (χ2v) is 7.12. The van der Waals surface area contributed by atoms with Crippen molar-refractivity contribution in [3.05, 3.63) is 27.7 Å². The third-order valence-corrected chi connectivity index (χ3v) is 4.81. The van der Waals surface area contributed by atoms with Crippen molar-refractivity contribution in [3.8, 4) is 0 Å². The minimum Gasteiger partial charge on any atom is -0.389 e. The molecule has 0 amide bonds. The molecule has 0 aliphatic heterocycles. The van der Waals surface area contributed by atoms with Gasteiger partial charge in [0.25, 0.3) is 0 Å². The number of anilines is 1. The molecule has 1 saturated carbocycles. The zero-order chi connectivity index (χ0) is 15.2. The SMILES string of the molecule is CC1CCCCC1OCC(O)CNc1cc(Br)ccc1Cl. The van der Waals surface area contributed by atoms with Gasteiger partial charge < -0.3 is 15.2 Å². The molecule has 0 saturated heterocycles. The van der Waals surface area contributed by atoms with E-state index in [0.29, 0.717) is 30.2 Å². The van der Waals surface area contributed by atoms with E-state index in [2.05, 4.69) is 28.2 Å². The molecule has 3 unspecified atom stereocenters. The first-order valence-electron chi connectivity index (χ1n) is 7.55. The number of benzene rings is 1. The Morgan fingerprint density at radius 1 is 1.43 bits per heavy atom. The first-order valence-corrected chi connectivity index (χ1v) is 8.72. The lowest BCUT2D eigenvalue weighted by Crippen LogP contribution is -2.32. The van der Waals surface area contributed by atoms with Crippen LogP contribution in [0.5, 0.6) is 0 Å². The van der Waals surface area contributed by atoms with E-state index in [1.807, 2.05) is 18.2 Å². The molecule has 3 nitrogen and oxygen atoms in total. The molecule has 1 aliphatic rings. The van der Waals surface area contributed by atoms with Gasteiger partial charge >= 0.3 is 0 Å². The van der Waals surface area contributed by atoms with Crippen LogP contribution in [-0.4, -0.2) is 30.5 Å². The second kappa shape index (κ2) is 8.37. The van der Waals surface area contributed by atoms with Crippen molar-refractivity contribution in [2.75, 3.05) is 18.5 Å². The Morgan fingerprint density at radius 2 is 2.19 bits per heavy atom. The van der Waals surface area contributed by atoms with Crippen molar-refractivity contribution < 1.29 is 9.84 Å². The fourth-order valence-electron chi connectivity index (χ4n) is 2.68. The summed E-state index contributed by atoms with van der Waals surface area (Å²) in [6.07, 6.45) is 4.63. The number of hydrogen-bond donors (Lipinski definition) is 2. The lowest BCUT2D eigenvalue weighted by molar-refractivity contribution is -0.0424. The third-order valence-electron chi connectivity index (χ3n) is 3.99. The van der Waals surface area contributed by atoms with E-state index in [9.17, 15) is 5.11 Å². The quantitative estimate of drug-likeness (QED) is 0.769. The van der Waals surface area contributed by atoms with Crippen LogP contribution in [0.25, 0.3) is 0 Å². The van der Waals surface area contributed by atoms with Crippen LogP contribution in [0, 0.1) is 5.92 Å². The summed E-state index contributed by atoms with van der Waals surface area (Å²) < 4.78 is 6.82. The molecule has 118 valence electrons. The standard InChI is InChI=1S/C16H23BrClNO2/c1-11-4-2-3-5-16(11)21-10-13(20)9-19-15-8-12(17)6-7-14(15)18/h6-8,11,13,16,19-20H,2-5,9-10H2,1H3. The van der Waals surface area contributed by atoms with Crippen LogP contribution in [-0.2, 0) is 4.74 Å². The zero-order valence-corrected chi connectivity index (χ0v) is 14.7. The van der Waals surface area contributed by atoms with Crippen LogP contribution in [0.15, 0.2) is 22.7 Å². The van der Waals surface area contributed by atoms with Crippen molar-refractivity contribution in [3.63, 3.8) is 0 Å². The Balaban J connectivity index is 1.74. The fourth-order valence-corrected chi connectivity index (χ4v) is 3.23. The van der Waals surface area contributed by atoms with Crippen LogP contribution in [0.3, 0.4) is 0 Å². The monoisotopic (exact) mass is 375 g/mol. The molecule has 0 radical (unpaired) electrons. The molecule has 0 bridgehead atoms. The zero-order valence-electron chi connectivity index (χ0n) is 12.3. The highest BCUT2D eigenvalue weighted by Gasteiger charge is 2.22. The minimum atomic E-state index is -0.533. The Bertz CT molecular complexity index is 458. The van der Waals surface area contributed by atoms with Crippen molar-refractivity contribution in [1.29, 1.82) is 0 Å². The number of nitrogens with one attached hydrogen (secondary N) is 1. The van der Waals surface area contributed by atoms with E-state index in [0.717, 1.165) is 16.6 Å². The second-order valence-electron chi connectivity index (χ2n) is 5.79. The highest BCUT2D eigenvalue weighted by atomic mass is 79.9. The summed E-state index contributed by atoms with van der Waals surface area (Å²) in [5, 5.41) is 13.9. The molecule has 1 aromatic rings. The molecular weight excluding hydrogens is 354 g/mol. The largest absolute Gasteiger partial charge is 0.389 e. The van der Waals surface area contributed by atoms with Crippen LogP contribution >= 0.6 is 27.5 Å².